The van der Waals surface area contributed by atoms with Gasteiger partial charge in [-0.25, -0.2) is 0 Å². The van der Waals surface area contributed by atoms with Gasteiger partial charge in [-0.1, -0.05) is 18.1 Å². The number of thiophene rings is 1. The van der Waals surface area contributed by atoms with E-state index in [9.17, 15) is 4.79 Å². The summed E-state index contributed by atoms with van der Waals surface area (Å²) in [6.45, 7) is 3.38. The van der Waals surface area contributed by atoms with Gasteiger partial charge in [-0.15, -0.1) is 11.3 Å². The highest BCUT2D eigenvalue weighted by atomic mass is 32.1. The van der Waals surface area contributed by atoms with Crippen LogP contribution < -0.4 is 0 Å². The summed E-state index contributed by atoms with van der Waals surface area (Å²) >= 11 is 1.69. The van der Waals surface area contributed by atoms with Crippen molar-refractivity contribution in [3.8, 4) is 0 Å². The van der Waals surface area contributed by atoms with Crippen LogP contribution in [0.3, 0.4) is 0 Å². The highest BCUT2D eigenvalue weighted by Crippen LogP contribution is 2.26. The molecule has 2 aromatic rings. The molecule has 0 aromatic carbocycles. The van der Waals surface area contributed by atoms with Crippen LogP contribution in [-0.2, 0) is 11.2 Å². The number of hydrogen-bond donors (Lipinski definition) is 0. The Kier molecular flexibility index (Phi) is 3.82. The molecule has 0 N–H and O–H groups in total. The van der Waals surface area contributed by atoms with Gasteiger partial charge in [-0.05, 0) is 17.9 Å². The number of rotatable bonds is 4. The van der Waals surface area contributed by atoms with Gasteiger partial charge >= 0.3 is 0 Å². The highest BCUT2D eigenvalue weighted by Gasteiger charge is 2.30. The third-order valence-corrected chi connectivity index (χ3v) is 4.47. The van der Waals surface area contributed by atoms with Crippen molar-refractivity contribution in [2.45, 2.75) is 32.1 Å². The zero-order chi connectivity index (χ0) is 13.9. The zero-order valence-electron chi connectivity index (χ0n) is 11.4. The average molecular weight is 291 g/mol. The third kappa shape index (κ3) is 2.75. The van der Waals surface area contributed by atoms with Gasteiger partial charge in [-0.2, -0.15) is 4.98 Å². The van der Waals surface area contributed by atoms with Crippen molar-refractivity contribution in [1.82, 2.24) is 15.0 Å². The van der Waals surface area contributed by atoms with Crippen molar-refractivity contribution in [3.63, 3.8) is 0 Å². The van der Waals surface area contributed by atoms with Crippen LogP contribution in [0.25, 0.3) is 0 Å². The first kappa shape index (κ1) is 13.3. The fourth-order valence-electron chi connectivity index (χ4n) is 2.49. The molecule has 0 bridgehead atoms. The summed E-state index contributed by atoms with van der Waals surface area (Å²) in [4.78, 5) is 19.3. The minimum absolute atomic E-state index is 0.190. The molecule has 1 amide bonds. The van der Waals surface area contributed by atoms with Crippen molar-refractivity contribution in [1.29, 1.82) is 0 Å². The molecular weight excluding hydrogens is 274 g/mol. The van der Waals surface area contributed by atoms with Crippen LogP contribution in [0.5, 0.6) is 0 Å². The number of likely N-dealkylation sites (tertiary alicyclic amines) is 1. The number of carbonyl (C=O) groups is 1. The van der Waals surface area contributed by atoms with Crippen molar-refractivity contribution in [2.24, 2.45) is 0 Å². The van der Waals surface area contributed by atoms with Gasteiger partial charge < -0.3 is 9.42 Å². The lowest BCUT2D eigenvalue weighted by molar-refractivity contribution is -0.129. The summed E-state index contributed by atoms with van der Waals surface area (Å²) in [7, 11) is 0. The van der Waals surface area contributed by atoms with Crippen molar-refractivity contribution in [3.05, 3.63) is 34.1 Å². The largest absolute Gasteiger partial charge is 0.342 e. The Hall–Kier alpha value is -1.69. The Morgan fingerprint density at radius 1 is 1.60 bits per heavy atom. The van der Waals surface area contributed by atoms with Crippen molar-refractivity contribution in [2.75, 3.05) is 13.1 Å². The molecule has 6 heteroatoms. The van der Waals surface area contributed by atoms with Crippen LogP contribution in [0, 0.1) is 0 Å². The Balaban J connectivity index is 1.64. The van der Waals surface area contributed by atoms with Crippen LogP contribution in [0.4, 0.5) is 0 Å². The van der Waals surface area contributed by atoms with E-state index in [2.05, 4.69) is 16.2 Å². The maximum atomic E-state index is 11.7. The van der Waals surface area contributed by atoms with E-state index in [4.69, 9.17) is 4.52 Å². The maximum Gasteiger partial charge on any atom is 0.231 e. The van der Waals surface area contributed by atoms with E-state index in [0.717, 1.165) is 18.8 Å². The molecule has 1 aliphatic heterocycles. The number of hydrogen-bond acceptors (Lipinski definition) is 5. The van der Waals surface area contributed by atoms with E-state index in [1.165, 1.54) is 4.88 Å². The molecule has 1 saturated heterocycles. The van der Waals surface area contributed by atoms with Crippen molar-refractivity contribution < 1.29 is 9.32 Å². The zero-order valence-corrected chi connectivity index (χ0v) is 12.2. The lowest BCUT2D eigenvalue weighted by Crippen LogP contribution is -2.27. The van der Waals surface area contributed by atoms with E-state index in [1.54, 1.807) is 11.3 Å². The van der Waals surface area contributed by atoms with Gasteiger partial charge in [0.15, 0.2) is 5.82 Å². The molecule has 0 spiro atoms. The number of nitrogens with zero attached hydrogens (tertiary/aromatic N) is 3. The molecular formula is C14H17N3O2S. The predicted octanol–water partition coefficient (Wildman–Crippen LogP) is 2.45. The van der Waals surface area contributed by atoms with Crippen LogP contribution in [0.1, 0.15) is 42.3 Å². The molecule has 0 saturated carbocycles. The molecule has 0 unspecified atom stereocenters. The van der Waals surface area contributed by atoms with Gasteiger partial charge in [0, 0.05) is 30.8 Å². The first-order valence-corrected chi connectivity index (χ1v) is 7.77. The molecule has 1 atom stereocenters. The summed E-state index contributed by atoms with van der Waals surface area (Å²) in [6.07, 6.45) is 2.18. The summed E-state index contributed by atoms with van der Waals surface area (Å²) < 4.78 is 5.36. The molecule has 3 rings (SSSR count). The molecule has 5 nitrogen and oxygen atoms in total. The van der Waals surface area contributed by atoms with Crippen LogP contribution in [0.15, 0.2) is 22.0 Å². The fourth-order valence-corrected chi connectivity index (χ4v) is 3.19. The van der Waals surface area contributed by atoms with E-state index in [-0.39, 0.29) is 11.8 Å². The van der Waals surface area contributed by atoms with Gasteiger partial charge in [0.2, 0.25) is 11.8 Å². The Morgan fingerprint density at radius 2 is 2.50 bits per heavy atom. The Labute approximate surface area is 121 Å². The molecule has 0 radical (unpaired) electrons. The third-order valence-electron chi connectivity index (χ3n) is 3.59. The Bertz CT molecular complexity index is 579. The number of amides is 1. The van der Waals surface area contributed by atoms with Crippen LogP contribution in [-0.4, -0.2) is 34.0 Å². The normalized spacial score (nSPS) is 18.6. The second-order valence-electron chi connectivity index (χ2n) is 4.98. The van der Waals surface area contributed by atoms with E-state index in [0.29, 0.717) is 25.3 Å². The topological polar surface area (TPSA) is 59.2 Å². The molecule has 1 aliphatic rings. The number of aromatic nitrogens is 2. The Morgan fingerprint density at radius 3 is 3.25 bits per heavy atom. The summed E-state index contributed by atoms with van der Waals surface area (Å²) in [5.74, 6) is 1.78. The van der Waals surface area contributed by atoms with Crippen LogP contribution >= 0.6 is 11.3 Å². The lowest BCUT2D eigenvalue weighted by Gasteiger charge is -2.13. The minimum Gasteiger partial charge on any atom is -0.342 e. The van der Waals surface area contributed by atoms with Gasteiger partial charge in [0.25, 0.3) is 0 Å². The molecule has 3 heterocycles. The van der Waals surface area contributed by atoms with Crippen molar-refractivity contribution >= 4 is 17.2 Å². The molecule has 0 aliphatic carbocycles. The van der Waals surface area contributed by atoms with Gasteiger partial charge in [0.05, 0.1) is 5.92 Å². The summed E-state index contributed by atoms with van der Waals surface area (Å²) in [5, 5.41) is 6.09. The lowest BCUT2D eigenvalue weighted by atomic mass is 10.1. The average Bonchev–Trinajstić information content (AvgIpc) is 3.18. The highest BCUT2D eigenvalue weighted by molar-refractivity contribution is 7.09. The van der Waals surface area contributed by atoms with E-state index >= 15 is 0 Å². The standard InChI is InChI=1S/C14H17N3O2S/c1-2-13(18)17-6-5-10(9-17)14-15-12(16-19-14)8-11-4-3-7-20-11/h3-4,7,10H,2,5-6,8-9H2,1H3/t10-/m1/s1. The monoisotopic (exact) mass is 291 g/mol. The van der Waals surface area contributed by atoms with E-state index < -0.39 is 0 Å². The molecule has 106 valence electrons. The molecule has 1 fully saturated rings. The van der Waals surface area contributed by atoms with Gasteiger partial charge in [-0.3, -0.25) is 4.79 Å². The molecule has 2 aromatic heterocycles. The van der Waals surface area contributed by atoms with Gasteiger partial charge in [0.1, 0.15) is 0 Å². The number of carbonyl (C=O) groups excluding carboxylic acids is 1. The second-order valence-corrected chi connectivity index (χ2v) is 6.02. The fraction of sp³-hybridized carbons (Fsp3) is 0.500. The van der Waals surface area contributed by atoms with Crippen LogP contribution in [0.2, 0.25) is 0 Å². The second kappa shape index (κ2) is 5.75. The molecule has 20 heavy (non-hydrogen) atoms. The quantitative estimate of drug-likeness (QED) is 0.868. The maximum absolute atomic E-state index is 11.7. The van der Waals surface area contributed by atoms with E-state index in [1.807, 2.05) is 23.3 Å². The first-order valence-electron chi connectivity index (χ1n) is 6.89. The SMILES string of the molecule is CCC(=O)N1CC[C@@H](c2nc(Cc3cccs3)no2)C1. The smallest absolute Gasteiger partial charge is 0.231 e. The summed E-state index contributed by atoms with van der Waals surface area (Å²) in [6, 6.07) is 4.09. The summed E-state index contributed by atoms with van der Waals surface area (Å²) in [5.41, 5.74) is 0. The predicted molar refractivity (Wildman–Crippen MR) is 75.7 cm³/mol. The minimum atomic E-state index is 0.190. The first-order chi connectivity index (χ1) is 9.76.